The lowest BCUT2D eigenvalue weighted by atomic mass is 10.2. The van der Waals surface area contributed by atoms with E-state index < -0.39 is 0 Å². The van der Waals surface area contributed by atoms with Gasteiger partial charge in [-0.1, -0.05) is 53.0 Å². The fourth-order valence-electron chi connectivity index (χ4n) is 3.48. The lowest BCUT2D eigenvalue weighted by molar-refractivity contribution is 0.619. The van der Waals surface area contributed by atoms with Gasteiger partial charge in [-0.3, -0.25) is 9.36 Å². The summed E-state index contributed by atoms with van der Waals surface area (Å²) in [6.07, 6.45) is 1.66. The van der Waals surface area contributed by atoms with Gasteiger partial charge in [-0.15, -0.1) is 0 Å². The Hall–Kier alpha value is -2.65. The molecule has 0 radical (unpaired) electrons. The van der Waals surface area contributed by atoms with Crippen LogP contribution in [-0.2, 0) is 13.1 Å². The highest BCUT2D eigenvalue weighted by Crippen LogP contribution is 2.26. The van der Waals surface area contributed by atoms with E-state index in [2.05, 4.69) is 20.8 Å². The minimum atomic E-state index is -0.301. The van der Waals surface area contributed by atoms with Gasteiger partial charge in [-0.25, -0.2) is 4.39 Å². The monoisotopic (exact) mass is 536 g/mol. The summed E-state index contributed by atoms with van der Waals surface area (Å²) in [5.41, 5.74) is 4.21. The molecule has 0 unspecified atom stereocenters. The van der Waals surface area contributed by atoms with Crippen LogP contribution in [0.3, 0.4) is 0 Å². The minimum absolute atomic E-state index is 0.301. The van der Waals surface area contributed by atoms with Crippen molar-refractivity contribution in [3.63, 3.8) is 0 Å². The Balaban J connectivity index is 1.44. The summed E-state index contributed by atoms with van der Waals surface area (Å²) in [7, 11) is 0. The van der Waals surface area contributed by atoms with Gasteiger partial charge in [0.1, 0.15) is 10.8 Å². The molecule has 0 fully saturated rings. The Morgan fingerprint density at radius 1 is 0.941 bits per heavy atom. The first-order chi connectivity index (χ1) is 16.2. The van der Waals surface area contributed by atoms with Gasteiger partial charge >= 0.3 is 0 Å². The van der Waals surface area contributed by atoms with Gasteiger partial charge in [0.15, 0.2) is 10.9 Å². The number of nitrogens with zero attached hydrogens (tertiary/aromatic N) is 4. The van der Waals surface area contributed by atoms with Crippen molar-refractivity contribution in [3.8, 4) is 0 Å². The van der Waals surface area contributed by atoms with Gasteiger partial charge in [0.05, 0.1) is 40.2 Å². The Morgan fingerprint density at radius 3 is 2.44 bits per heavy atom. The van der Waals surface area contributed by atoms with E-state index in [0.29, 0.717) is 39.1 Å². The Kier molecular flexibility index (Phi) is 7.42. The average Bonchev–Trinajstić information content (AvgIpc) is 3.24. The first kappa shape index (κ1) is 24.5. The van der Waals surface area contributed by atoms with Gasteiger partial charge in [0.25, 0.3) is 0 Å². The molecule has 2 aromatic carbocycles. The van der Waals surface area contributed by atoms with Crippen LogP contribution in [0.5, 0.6) is 0 Å². The second-order valence-corrected chi connectivity index (χ2v) is 9.31. The van der Waals surface area contributed by atoms with Crippen molar-refractivity contribution in [2.75, 3.05) is 10.6 Å². The van der Waals surface area contributed by atoms with Crippen LogP contribution in [0.4, 0.5) is 15.9 Å². The molecular formula is C23H20Cl3FN6S. The normalized spacial score (nSPS) is 11.0. The number of halogens is 4. The Labute approximate surface area is 216 Å². The highest BCUT2D eigenvalue weighted by Gasteiger charge is 2.15. The van der Waals surface area contributed by atoms with Crippen molar-refractivity contribution in [2.45, 2.75) is 26.9 Å². The molecule has 2 N–H and O–H groups in total. The topological polar surface area (TPSA) is 59.7 Å². The molecular weight excluding hydrogens is 518 g/mol. The van der Waals surface area contributed by atoms with E-state index in [4.69, 9.17) is 47.0 Å². The predicted molar refractivity (Wildman–Crippen MR) is 140 cm³/mol. The Morgan fingerprint density at radius 2 is 1.71 bits per heavy atom. The molecule has 11 heteroatoms. The van der Waals surface area contributed by atoms with Crippen LogP contribution in [0.25, 0.3) is 0 Å². The van der Waals surface area contributed by atoms with Crippen LogP contribution in [0.2, 0.25) is 15.1 Å². The zero-order valence-electron chi connectivity index (χ0n) is 18.2. The van der Waals surface area contributed by atoms with Gasteiger partial charge in [-0.05, 0) is 61.5 Å². The quantitative estimate of drug-likeness (QED) is 0.268. The van der Waals surface area contributed by atoms with Crippen molar-refractivity contribution in [3.05, 3.63) is 92.1 Å². The van der Waals surface area contributed by atoms with Crippen molar-refractivity contribution in [1.29, 1.82) is 0 Å². The third-order valence-corrected chi connectivity index (χ3v) is 6.34. The molecule has 0 bridgehead atoms. The van der Waals surface area contributed by atoms with E-state index in [1.165, 1.54) is 12.1 Å². The maximum Gasteiger partial charge on any atom is 0.176 e. The molecule has 0 saturated carbocycles. The van der Waals surface area contributed by atoms with E-state index in [-0.39, 0.29) is 5.82 Å². The second-order valence-electron chi connectivity index (χ2n) is 7.68. The van der Waals surface area contributed by atoms with E-state index in [0.717, 1.165) is 28.2 Å². The summed E-state index contributed by atoms with van der Waals surface area (Å²) in [5, 5.41) is 16.9. The third-order valence-electron chi connectivity index (χ3n) is 5.12. The van der Waals surface area contributed by atoms with Crippen molar-refractivity contribution >= 4 is 63.6 Å². The number of nitrogens with one attached hydrogen (secondary N) is 2. The molecule has 0 spiro atoms. The lowest BCUT2D eigenvalue weighted by Crippen LogP contribution is -2.20. The van der Waals surface area contributed by atoms with Crippen LogP contribution >= 0.6 is 47.0 Å². The van der Waals surface area contributed by atoms with Crippen molar-refractivity contribution in [2.24, 2.45) is 0 Å². The van der Waals surface area contributed by atoms with Crippen LogP contribution < -0.4 is 10.6 Å². The third kappa shape index (κ3) is 5.70. The number of benzene rings is 2. The fraction of sp³-hybridized carbons (Fsp3) is 0.174. The summed E-state index contributed by atoms with van der Waals surface area (Å²) in [5.74, 6) is 0.0963. The molecule has 4 rings (SSSR count). The SMILES string of the molecule is Cc1nn(Cc2ccc(Cl)c(Cl)c2)c(C)c1NC(=S)Nc1nn(Cc2cccc(F)c2)cc1Cl. The predicted octanol–water partition coefficient (Wildman–Crippen LogP) is 6.70. The smallest absolute Gasteiger partial charge is 0.176 e. The largest absolute Gasteiger partial charge is 0.329 e. The molecule has 4 aromatic rings. The van der Waals surface area contributed by atoms with Gasteiger partial charge < -0.3 is 10.6 Å². The second kappa shape index (κ2) is 10.3. The standard InChI is InChI=1S/C23H20Cl3FN6S/c1-13-21(14(2)33(30-13)11-16-6-7-18(24)19(25)9-16)28-23(34)29-22-20(26)12-32(31-22)10-15-4-3-5-17(27)8-15/h3-9,12H,10-11H2,1-2H3,(H2,28,29,31,34). The first-order valence-corrected chi connectivity index (χ1v) is 11.8. The molecule has 0 saturated heterocycles. The van der Waals surface area contributed by atoms with Crippen LogP contribution in [-0.4, -0.2) is 24.7 Å². The molecule has 6 nitrogen and oxygen atoms in total. The summed E-state index contributed by atoms with van der Waals surface area (Å²) in [6, 6.07) is 11.8. The maximum absolute atomic E-state index is 13.4. The van der Waals surface area contributed by atoms with Crippen molar-refractivity contribution in [1.82, 2.24) is 19.6 Å². The lowest BCUT2D eigenvalue weighted by Gasteiger charge is -2.10. The fourth-order valence-corrected chi connectivity index (χ4v) is 4.20. The number of hydrogen-bond donors (Lipinski definition) is 2. The number of anilines is 2. The summed E-state index contributed by atoms with van der Waals surface area (Å²) in [6.45, 7) is 4.74. The van der Waals surface area contributed by atoms with Crippen LogP contribution in [0.1, 0.15) is 22.5 Å². The average molecular weight is 538 g/mol. The van der Waals surface area contributed by atoms with Gasteiger partial charge in [0, 0.05) is 6.20 Å². The van der Waals surface area contributed by atoms with Crippen molar-refractivity contribution < 1.29 is 4.39 Å². The maximum atomic E-state index is 13.4. The highest BCUT2D eigenvalue weighted by molar-refractivity contribution is 7.80. The zero-order chi connectivity index (χ0) is 24.4. The van der Waals surface area contributed by atoms with Gasteiger partial charge in [-0.2, -0.15) is 10.2 Å². The Bertz CT molecular complexity index is 1370. The van der Waals surface area contributed by atoms with Gasteiger partial charge in [0.2, 0.25) is 0 Å². The molecule has 2 aromatic heterocycles. The minimum Gasteiger partial charge on any atom is -0.329 e. The summed E-state index contributed by atoms with van der Waals surface area (Å²) < 4.78 is 16.9. The molecule has 34 heavy (non-hydrogen) atoms. The zero-order valence-corrected chi connectivity index (χ0v) is 21.3. The first-order valence-electron chi connectivity index (χ1n) is 10.2. The number of hydrogen-bond acceptors (Lipinski definition) is 3. The van der Waals surface area contributed by atoms with Crippen LogP contribution in [0, 0.1) is 19.7 Å². The molecule has 0 atom stereocenters. The number of thiocarbonyl (C=S) groups is 1. The molecule has 0 aliphatic heterocycles. The van der Waals surface area contributed by atoms with E-state index >= 15 is 0 Å². The number of rotatable bonds is 6. The number of aryl methyl sites for hydroxylation is 1. The van der Waals surface area contributed by atoms with E-state index in [9.17, 15) is 4.39 Å². The number of aromatic nitrogens is 4. The summed E-state index contributed by atoms with van der Waals surface area (Å²) >= 11 is 23.9. The molecule has 0 aliphatic rings. The molecule has 176 valence electrons. The molecule has 0 aliphatic carbocycles. The highest BCUT2D eigenvalue weighted by atomic mass is 35.5. The van der Waals surface area contributed by atoms with E-state index in [1.807, 2.05) is 36.7 Å². The summed E-state index contributed by atoms with van der Waals surface area (Å²) in [4.78, 5) is 0. The molecule has 2 heterocycles. The van der Waals surface area contributed by atoms with Crippen LogP contribution in [0.15, 0.2) is 48.7 Å². The molecule has 0 amide bonds. The van der Waals surface area contributed by atoms with E-state index in [1.54, 1.807) is 23.0 Å².